The molecule has 0 radical (unpaired) electrons. The number of anilines is 1. The van der Waals surface area contributed by atoms with Gasteiger partial charge in [0.15, 0.2) is 5.76 Å². The fourth-order valence-corrected chi connectivity index (χ4v) is 4.28. The summed E-state index contributed by atoms with van der Waals surface area (Å²) in [6.45, 7) is 1.83. The van der Waals surface area contributed by atoms with Crippen LogP contribution >= 0.6 is 22.9 Å². The maximum Gasteiger partial charge on any atom is 0.294 e. The van der Waals surface area contributed by atoms with Gasteiger partial charge in [0.1, 0.15) is 0 Å². The fraction of sp³-hybridized carbons (Fsp3) is 0.0952. The predicted octanol–water partition coefficient (Wildman–Crippen LogP) is 4.89. The van der Waals surface area contributed by atoms with Gasteiger partial charge in [0.05, 0.1) is 16.5 Å². The summed E-state index contributed by atoms with van der Waals surface area (Å²) < 4.78 is 0. The zero-order valence-electron chi connectivity index (χ0n) is 14.8. The number of aryl methyl sites for hydroxylation is 1. The third-order valence-electron chi connectivity index (χ3n) is 4.64. The number of carbonyl (C=O) groups is 2. The van der Waals surface area contributed by atoms with Crippen molar-refractivity contribution in [2.75, 3.05) is 4.90 Å². The third-order valence-corrected chi connectivity index (χ3v) is 5.74. The van der Waals surface area contributed by atoms with Gasteiger partial charge in [0.2, 0.25) is 5.78 Å². The predicted molar refractivity (Wildman–Crippen MR) is 109 cm³/mol. The second-order valence-corrected chi connectivity index (χ2v) is 7.74. The van der Waals surface area contributed by atoms with Crippen LogP contribution in [0.15, 0.2) is 71.6 Å². The van der Waals surface area contributed by atoms with Crippen LogP contribution in [-0.4, -0.2) is 21.8 Å². The quantitative estimate of drug-likeness (QED) is 0.622. The Morgan fingerprint density at radius 2 is 1.96 bits per heavy atom. The Morgan fingerprint density at radius 1 is 1.21 bits per heavy atom. The Hall–Kier alpha value is -2.96. The van der Waals surface area contributed by atoms with Crippen molar-refractivity contribution in [2.24, 2.45) is 0 Å². The molecule has 0 aliphatic carbocycles. The molecule has 1 aromatic carbocycles. The molecule has 1 atom stereocenters. The van der Waals surface area contributed by atoms with E-state index in [1.807, 2.05) is 6.92 Å². The molecule has 1 N–H and O–H groups in total. The van der Waals surface area contributed by atoms with E-state index in [-0.39, 0.29) is 11.4 Å². The van der Waals surface area contributed by atoms with Crippen LogP contribution in [0, 0.1) is 6.92 Å². The number of nitrogens with zero attached hydrogens (tertiary/aromatic N) is 2. The normalized spacial score (nSPS) is 16.7. The second-order valence-electron chi connectivity index (χ2n) is 6.36. The number of hydrogen-bond acceptors (Lipinski definition) is 5. The van der Waals surface area contributed by atoms with Crippen LogP contribution < -0.4 is 4.90 Å². The Kier molecular flexibility index (Phi) is 4.75. The molecule has 4 rings (SSSR count). The number of benzene rings is 1. The van der Waals surface area contributed by atoms with E-state index in [1.54, 1.807) is 60.2 Å². The van der Waals surface area contributed by atoms with Crippen LogP contribution in [-0.2, 0) is 4.79 Å². The number of aliphatic hydroxyl groups excluding tert-OH is 1. The maximum absolute atomic E-state index is 13.1. The zero-order valence-corrected chi connectivity index (χ0v) is 16.4. The molecule has 1 unspecified atom stereocenters. The van der Waals surface area contributed by atoms with E-state index >= 15 is 0 Å². The molecule has 0 fully saturated rings. The second kappa shape index (κ2) is 7.22. The molecule has 0 saturated carbocycles. The van der Waals surface area contributed by atoms with E-state index in [9.17, 15) is 14.7 Å². The molecular formula is C21H15ClN2O3S. The fourth-order valence-electron chi connectivity index (χ4n) is 3.38. The number of amides is 1. The van der Waals surface area contributed by atoms with Crippen LogP contribution in [0.3, 0.4) is 0 Å². The van der Waals surface area contributed by atoms with Gasteiger partial charge in [0, 0.05) is 23.1 Å². The summed E-state index contributed by atoms with van der Waals surface area (Å²) in [5.41, 5.74) is 2.09. The number of hydrogen-bond donors (Lipinski definition) is 1. The first kappa shape index (κ1) is 18.4. The molecule has 5 nitrogen and oxygen atoms in total. The molecule has 28 heavy (non-hydrogen) atoms. The molecule has 3 aromatic rings. The maximum atomic E-state index is 13.1. The van der Waals surface area contributed by atoms with Crippen LogP contribution in [0.5, 0.6) is 0 Å². The first-order chi connectivity index (χ1) is 13.5. The topological polar surface area (TPSA) is 70.5 Å². The molecule has 0 saturated heterocycles. The van der Waals surface area contributed by atoms with Crippen LogP contribution in [0.4, 0.5) is 5.69 Å². The summed E-state index contributed by atoms with van der Waals surface area (Å²) in [5, 5.41) is 13.0. The van der Waals surface area contributed by atoms with Crippen molar-refractivity contribution < 1.29 is 14.7 Å². The van der Waals surface area contributed by atoms with E-state index in [1.165, 1.54) is 16.2 Å². The van der Waals surface area contributed by atoms with Crippen molar-refractivity contribution in [2.45, 2.75) is 13.0 Å². The molecular weight excluding hydrogens is 396 g/mol. The van der Waals surface area contributed by atoms with Crippen LogP contribution in [0.1, 0.15) is 26.8 Å². The van der Waals surface area contributed by atoms with E-state index < -0.39 is 17.7 Å². The first-order valence-corrected chi connectivity index (χ1v) is 9.75. The van der Waals surface area contributed by atoms with Gasteiger partial charge in [-0.2, -0.15) is 0 Å². The highest BCUT2D eigenvalue weighted by Crippen LogP contribution is 2.43. The lowest BCUT2D eigenvalue weighted by Crippen LogP contribution is -2.31. The lowest BCUT2D eigenvalue weighted by atomic mass is 9.95. The molecule has 3 heterocycles. The van der Waals surface area contributed by atoms with Crippen molar-refractivity contribution in [3.05, 3.63) is 92.6 Å². The van der Waals surface area contributed by atoms with Crippen molar-refractivity contribution in [3.8, 4) is 0 Å². The summed E-state index contributed by atoms with van der Waals surface area (Å²) in [6, 6.07) is 11.3. The van der Waals surface area contributed by atoms with Gasteiger partial charge in [0.25, 0.3) is 5.91 Å². The molecule has 0 bridgehead atoms. The van der Waals surface area contributed by atoms with Gasteiger partial charge in [-0.25, -0.2) is 0 Å². The van der Waals surface area contributed by atoms with E-state index in [0.717, 1.165) is 5.56 Å². The number of carbonyl (C=O) groups excluding carboxylic acids is 2. The summed E-state index contributed by atoms with van der Waals surface area (Å²) in [6.07, 6.45) is 3.19. The number of thiophene rings is 1. The van der Waals surface area contributed by atoms with Crippen LogP contribution in [0.25, 0.3) is 0 Å². The summed E-state index contributed by atoms with van der Waals surface area (Å²) >= 11 is 7.33. The van der Waals surface area contributed by atoms with Gasteiger partial charge in [-0.3, -0.25) is 19.5 Å². The Morgan fingerprint density at radius 3 is 2.61 bits per heavy atom. The number of aliphatic hydroxyl groups is 1. The number of pyridine rings is 1. The number of rotatable bonds is 4. The lowest BCUT2D eigenvalue weighted by molar-refractivity contribution is -0.117. The molecule has 0 spiro atoms. The Bertz CT molecular complexity index is 1090. The monoisotopic (exact) mass is 410 g/mol. The molecule has 140 valence electrons. The van der Waals surface area contributed by atoms with Crippen molar-refractivity contribution in [1.82, 2.24) is 4.98 Å². The smallest absolute Gasteiger partial charge is 0.294 e. The van der Waals surface area contributed by atoms with Gasteiger partial charge in [-0.15, -0.1) is 11.3 Å². The average Bonchev–Trinajstić information content (AvgIpc) is 3.31. The number of ketones is 1. The highest BCUT2D eigenvalue weighted by molar-refractivity contribution is 7.12. The molecule has 7 heteroatoms. The van der Waals surface area contributed by atoms with Crippen LogP contribution in [0.2, 0.25) is 5.02 Å². The highest BCUT2D eigenvalue weighted by Gasteiger charge is 2.45. The molecule has 1 amide bonds. The van der Waals surface area contributed by atoms with Gasteiger partial charge < -0.3 is 5.11 Å². The lowest BCUT2D eigenvalue weighted by Gasteiger charge is -2.28. The minimum Gasteiger partial charge on any atom is -0.503 e. The summed E-state index contributed by atoms with van der Waals surface area (Å²) in [7, 11) is 0. The number of halogens is 1. The molecule has 1 aliphatic rings. The van der Waals surface area contributed by atoms with Gasteiger partial charge >= 0.3 is 0 Å². The van der Waals surface area contributed by atoms with E-state index in [0.29, 0.717) is 21.2 Å². The van der Waals surface area contributed by atoms with Gasteiger partial charge in [-0.05, 0) is 59.8 Å². The minimum atomic E-state index is -0.759. The third kappa shape index (κ3) is 3.00. The standard InChI is InChI=1S/C21H15ClN2O3S/c1-12-11-14(22)4-5-15(12)24-18(13-6-8-23-9-7-13)17(20(26)21(24)27)19(25)16-3-2-10-28-16/h2-11,18,26H,1H3. The average molecular weight is 411 g/mol. The molecule has 2 aromatic heterocycles. The first-order valence-electron chi connectivity index (χ1n) is 8.50. The Labute approximate surface area is 170 Å². The van der Waals surface area contributed by atoms with Crippen molar-refractivity contribution in [1.29, 1.82) is 0 Å². The van der Waals surface area contributed by atoms with Crippen molar-refractivity contribution in [3.63, 3.8) is 0 Å². The van der Waals surface area contributed by atoms with E-state index in [2.05, 4.69) is 4.98 Å². The Balaban J connectivity index is 1.90. The van der Waals surface area contributed by atoms with Crippen molar-refractivity contribution >= 4 is 40.3 Å². The SMILES string of the molecule is Cc1cc(Cl)ccc1N1C(=O)C(O)=C(C(=O)c2cccs2)C1c1ccncc1. The zero-order chi connectivity index (χ0) is 19.8. The summed E-state index contributed by atoms with van der Waals surface area (Å²) in [4.78, 5) is 32.1. The summed E-state index contributed by atoms with van der Waals surface area (Å²) in [5.74, 6) is -1.52. The molecule has 1 aliphatic heterocycles. The minimum absolute atomic E-state index is 0.0630. The van der Waals surface area contributed by atoms with Gasteiger partial charge in [-0.1, -0.05) is 17.7 Å². The van der Waals surface area contributed by atoms with E-state index in [4.69, 9.17) is 11.6 Å². The number of Topliss-reactive ketones (excluding diaryl/α,β-unsaturated/α-hetero) is 1. The highest BCUT2D eigenvalue weighted by atomic mass is 35.5. The largest absolute Gasteiger partial charge is 0.503 e. The number of aromatic nitrogens is 1.